The van der Waals surface area contributed by atoms with Crippen molar-refractivity contribution in [3.05, 3.63) is 0 Å². The molecule has 0 aromatic heterocycles. The number of carbonyl (C=O) groups is 2. The van der Waals surface area contributed by atoms with Crippen molar-refractivity contribution in [1.82, 2.24) is 4.90 Å². The van der Waals surface area contributed by atoms with Crippen molar-refractivity contribution < 1.29 is 14.7 Å². The number of piperidine rings is 1. The van der Waals surface area contributed by atoms with Gasteiger partial charge in [-0.15, -0.1) is 0 Å². The lowest BCUT2D eigenvalue weighted by Gasteiger charge is -2.30. The fourth-order valence-corrected chi connectivity index (χ4v) is 1.48. The molecule has 0 aromatic carbocycles. The van der Waals surface area contributed by atoms with Crippen molar-refractivity contribution in [1.29, 1.82) is 0 Å². The second-order valence-corrected chi connectivity index (χ2v) is 3.31. The summed E-state index contributed by atoms with van der Waals surface area (Å²) in [6.45, 7) is 1.13. The molecule has 1 fully saturated rings. The van der Waals surface area contributed by atoms with E-state index < -0.39 is 12.4 Å². The summed E-state index contributed by atoms with van der Waals surface area (Å²) in [5.74, 6) is -1.41. The van der Waals surface area contributed by atoms with Crippen LogP contribution in [0.5, 0.6) is 0 Å². The van der Waals surface area contributed by atoms with E-state index in [9.17, 15) is 9.59 Å². The summed E-state index contributed by atoms with van der Waals surface area (Å²) in [5.41, 5.74) is 5.65. The Hall–Kier alpha value is -1.10. The highest BCUT2D eigenvalue weighted by Gasteiger charge is 2.22. The van der Waals surface area contributed by atoms with Crippen LogP contribution >= 0.6 is 0 Å². The third kappa shape index (κ3) is 3.02. The van der Waals surface area contributed by atoms with E-state index in [4.69, 9.17) is 10.8 Å². The third-order valence-electron chi connectivity index (χ3n) is 2.11. The van der Waals surface area contributed by atoms with E-state index in [1.165, 1.54) is 4.90 Å². The minimum absolute atomic E-state index is 0.00601. The average Bonchev–Trinajstić information content (AvgIpc) is 2.03. The van der Waals surface area contributed by atoms with Crippen LogP contribution in [0.15, 0.2) is 0 Å². The molecule has 1 aliphatic rings. The van der Waals surface area contributed by atoms with Crippen molar-refractivity contribution in [3.63, 3.8) is 0 Å². The van der Waals surface area contributed by atoms with Crippen LogP contribution in [-0.2, 0) is 9.59 Å². The summed E-state index contributed by atoms with van der Waals surface area (Å²) < 4.78 is 0. The van der Waals surface area contributed by atoms with Gasteiger partial charge in [-0.3, -0.25) is 9.59 Å². The molecular formula is C8H14N2O3. The van der Waals surface area contributed by atoms with Crippen LogP contribution in [0.2, 0.25) is 0 Å². The molecule has 74 valence electrons. The van der Waals surface area contributed by atoms with Crippen molar-refractivity contribution in [2.24, 2.45) is 5.73 Å². The number of carboxylic acids is 1. The second-order valence-electron chi connectivity index (χ2n) is 3.31. The summed E-state index contributed by atoms with van der Waals surface area (Å²) in [7, 11) is 0. The van der Waals surface area contributed by atoms with Crippen LogP contribution in [0.1, 0.15) is 19.3 Å². The Morgan fingerprint density at radius 2 is 2.23 bits per heavy atom. The Labute approximate surface area is 76.5 Å². The second kappa shape index (κ2) is 4.23. The van der Waals surface area contributed by atoms with Crippen LogP contribution in [-0.4, -0.2) is 41.0 Å². The maximum atomic E-state index is 11.2. The number of hydrogen-bond acceptors (Lipinski definition) is 3. The van der Waals surface area contributed by atoms with Crippen molar-refractivity contribution in [2.45, 2.75) is 25.3 Å². The summed E-state index contributed by atoms with van der Waals surface area (Å²) in [6, 6.07) is 0.00601. The van der Waals surface area contributed by atoms with E-state index in [1.54, 1.807) is 0 Å². The first-order chi connectivity index (χ1) is 6.09. The number of nitrogens with zero attached hydrogens (tertiary/aromatic N) is 1. The summed E-state index contributed by atoms with van der Waals surface area (Å²) in [5, 5.41) is 8.40. The highest BCUT2D eigenvalue weighted by Crippen LogP contribution is 2.09. The topological polar surface area (TPSA) is 83.6 Å². The molecule has 0 saturated carbocycles. The highest BCUT2D eigenvalue weighted by atomic mass is 16.4. The zero-order valence-electron chi connectivity index (χ0n) is 7.40. The lowest BCUT2D eigenvalue weighted by atomic mass is 10.1. The summed E-state index contributed by atoms with van der Waals surface area (Å²) in [6.07, 6.45) is 1.36. The quantitative estimate of drug-likeness (QED) is 0.565. The Morgan fingerprint density at radius 1 is 1.54 bits per heavy atom. The van der Waals surface area contributed by atoms with Gasteiger partial charge in [0.2, 0.25) is 5.91 Å². The van der Waals surface area contributed by atoms with Gasteiger partial charge in [-0.1, -0.05) is 0 Å². The maximum Gasteiger partial charge on any atom is 0.312 e. The first kappa shape index (κ1) is 9.98. The molecule has 1 rings (SSSR count). The molecule has 0 aromatic rings. The lowest BCUT2D eigenvalue weighted by Crippen LogP contribution is -2.46. The number of nitrogens with two attached hydrogens (primary N) is 1. The van der Waals surface area contributed by atoms with Crippen LogP contribution in [0, 0.1) is 0 Å². The van der Waals surface area contributed by atoms with E-state index in [2.05, 4.69) is 0 Å². The zero-order chi connectivity index (χ0) is 9.84. The zero-order valence-corrected chi connectivity index (χ0v) is 7.40. The van der Waals surface area contributed by atoms with Crippen LogP contribution in [0.3, 0.4) is 0 Å². The molecule has 1 amide bonds. The van der Waals surface area contributed by atoms with E-state index >= 15 is 0 Å². The number of aliphatic carboxylic acids is 1. The number of amides is 1. The van der Waals surface area contributed by atoms with Crippen LogP contribution in [0.4, 0.5) is 0 Å². The molecule has 1 saturated heterocycles. The summed E-state index contributed by atoms with van der Waals surface area (Å²) in [4.78, 5) is 23.0. The molecule has 5 heteroatoms. The Morgan fingerprint density at radius 3 is 2.77 bits per heavy atom. The molecule has 0 unspecified atom stereocenters. The van der Waals surface area contributed by atoms with Crippen molar-refractivity contribution in [3.8, 4) is 0 Å². The number of carbonyl (C=O) groups excluding carboxylic acids is 1. The molecule has 0 radical (unpaired) electrons. The number of likely N-dealkylation sites (tertiary alicyclic amines) is 1. The van der Waals surface area contributed by atoms with Crippen LogP contribution in [0.25, 0.3) is 0 Å². The standard InChI is InChI=1S/C8H14N2O3/c9-6-2-1-3-10(5-6)7(11)4-8(12)13/h6H,1-5,9H2,(H,12,13)/t6-/m1/s1. The number of carboxylic acid groups (broad SMARTS) is 1. The van der Waals surface area contributed by atoms with Gasteiger partial charge in [0, 0.05) is 19.1 Å². The largest absolute Gasteiger partial charge is 0.481 e. The predicted molar refractivity (Wildman–Crippen MR) is 46.0 cm³/mol. The molecule has 1 atom stereocenters. The van der Waals surface area contributed by atoms with Gasteiger partial charge < -0.3 is 15.7 Å². The predicted octanol–water partition coefficient (Wildman–Crippen LogP) is -0.589. The SMILES string of the molecule is N[C@@H]1CCCN(C(=O)CC(=O)O)C1. The lowest BCUT2D eigenvalue weighted by molar-refractivity contribution is -0.144. The molecular weight excluding hydrogens is 172 g/mol. The van der Waals surface area contributed by atoms with Crippen LogP contribution < -0.4 is 5.73 Å². The Kier molecular flexibility index (Phi) is 3.25. The highest BCUT2D eigenvalue weighted by molar-refractivity contribution is 5.93. The fraction of sp³-hybridized carbons (Fsp3) is 0.750. The molecule has 1 aliphatic heterocycles. The molecule has 13 heavy (non-hydrogen) atoms. The van der Waals surface area contributed by atoms with Gasteiger partial charge in [-0.05, 0) is 12.8 Å². The fourth-order valence-electron chi connectivity index (χ4n) is 1.48. The first-order valence-corrected chi connectivity index (χ1v) is 4.34. The minimum Gasteiger partial charge on any atom is -0.481 e. The van der Waals surface area contributed by atoms with Gasteiger partial charge in [0.05, 0.1) is 0 Å². The van der Waals surface area contributed by atoms with Gasteiger partial charge in [-0.25, -0.2) is 0 Å². The monoisotopic (exact) mass is 186 g/mol. The molecule has 5 nitrogen and oxygen atoms in total. The third-order valence-corrected chi connectivity index (χ3v) is 2.11. The van der Waals surface area contributed by atoms with Crippen molar-refractivity contribution in [2.75, 3.05) is 13.1 Å². The molecule has 0 aliphatic carbocycles. The molecule has 1 heterocycles. The molecule has 3 N–H and O–H groups in total. The van der Waals surface area contributed by atoms with E-state index in [1.807, 2.05) is 0 Å². The van der Waals surface area contributed by atoms with Gasteiger partial charge >= 0.3 is 5.97 Å². The normalized spacial score (nSPS) is 22.8. The van der Waals surface area contributed by atoms with Gasteiger partial charge in [-0.2, -0.15) is 0 Å². The first-order valence-electron chi connectivity index (χ1n) is 4.34. The smallest absolute Gasteiger partial charge is 0.312 e. The number of hydrogen-bond donors (Lipinski definition) is 2. The Bertz CT molecular complexity index is 217. The molecule has 0 bridgehead atoms. The number of rotatable bonds is 2. The Balaban J connectivity index is 2.41. The molecule has 0 spiro atoms. The average molecular weight is 186 g/mol. The van der Waals surface area contributed by atoms with E-state index in [0.29, 0.717) is 13.1 Å². The van der Waals surface area contributed by atoms with E-state index in [0.717, 1.165) is 12.8 Å². The van der Waals surface area contributed by atoms with E-state index in [-0.39, 0.29) is 11.9 Å². The van der Waals surface area contributed by atoms with Gasteiger partial charge in [0.15, 0.2) is 0 Å². The van der Waals surface area contributed by atoms with Crippen molar-refractivity contribution >= 4 is 11.9 Å². The van der Waals surface area contributed by atoms with Gasteiger partial charge in [0.25, 0.3) is 0 Å². The van der Waals surface area contributed by atoms with Gasteiger partial charge in [0.1, 0.15) is 6.42 Å². The minimum atomic E-state index is -1.08. The summed E-state index contributed by atoms with van der Waals surface area (Å²) >= 11 is 0. The maximum absolute atomic E-state index is 11.2.